The number of anilines is 1. The minimum atomic E-state index is -1.01. The van der Waals surface area contributed by atoms with Crippen molar-refractivity contribution in [1.29, 1.82) is 0 Å². The van der Waals surface area contributed by atoms with Crippen molar-refractivity contribution in [3.63, 3.8) is 0 Å². The van der Waals surface area contributed by atoms with Gasteiger partial charge in [0.25, 0.3) is 5.91 Å². The number of hydrogen-bond acceptors (Lipinski definition) is 6. The Morgan fingerprint density at radius 3 is 2.60 bits per heavy atom. The van der Waals surface area contributed by atoms with Gasteiger partial charge in [-0.2, -0.15) is 0 Å². The number of carbonyl (C=O) groups is 2. The van der Waals surface area contributed by atoms with Gasteiger partial charge < -0.3 is 25.6 Å². The summed E-state index contributed by atoms with van der Waals surface area (Å²) in [5, 5.41) is 27.2. The normalized spacial score (nSPS) is 18.7. The molecule has 8 nitrogen and oxygen atoms in total. The fraction of sp³-hybridized carbons (Fsp3) is 0.481. The van der Waals surface area contributed by atoms with Crippen LogP contribution in [0, 0.1) is 0 Å². The number of aliphatic hydroxyl groups is 1. The summed E-state index contributed by atoms with van der Waals surface area (Å²) in [5.74, 6) is -0.167. The predicted molar refractivity (Wildman–Crippen MR) is 133 cm³/mol. The van der Waals surface area contributed by atoms with Gasteiger partial charge in [0.2, 0.25) is 0 Å². The average molecular weight is 482 g/mol. The van der Waals surface area contributed by atoms with Gasteiger partial charge >= 0.3 is 6.09 Å². The molecule has 1 saturated carbocycles. The number of phenols is 1. The molecule has 4 rings (SSSR count). The summed E-state index contributed by atoms with van der Waals surface area (Å²) in [6.45, 7) is 5.54. The van der Waals surface area contributed by atoms with Crippen molar-refractivity contribution < 1.29 is 24.5 Å². The van der Waals surface area contributed by atoms with Crippen LogP contribution in [-0.2, 0) is 17.7 Å². The molecule has 0 aromatic heterocycles. The quantitative estimate of drug-likeness (QED) is 0.499. The Balaban J connectivity index is 1.44. The zero-order valence-corrected chi connectivity index (χ0v) is 20.6. The van der Waals surface area contributed by atoms with E-state index in [4.69, 9.17) is 4.74 Å². The van der Waals surface area contributed by atoms with Crippen molar-refractivity contribution in [3.8, 4) is 5.75 Å². The van der Waals surface area contributed by atoms with Crippen LogP contribution in [0.5, 0.6) is 5.75 Å². The van der Waals surface area contributed by atoms with Crippen LogP contribution >= 0.6 is 0 Å². The first-order valence-corrected chi connectivity index (χ1v) is 12.2. The fourth-order valence-corrected chi connectivity index (χ4v) is 4.43. The van der Waals surface area contributed by atoms with Crippen molar-refractivity contribution in [3.05, 3.63) is 59.2 Å². The molecule has 2 aromatic carbocycles. The van der Waals surface area contributed by atoms with Crippen LogP contribution in [-0.4, -0.2) is 57.4 Å². The van der Waals surface area contributed by atoms with Crippen LogP contribution in [0.15, 0.2) is 42.5 Å². The van der Waals surface area contributed by atoms with E-state index in [0.29, 0.717) is 18.0 Å². The summed E-state index contributed by atoms with van der Waals surface area (Å²) in [7, 11) is 0. The van der Waals surface area contributed by atoms with Crippen LogP contribution in [0.3, 0.4) is 0 Å². The van der Waals surface area contributed by atoms with Crippen LogP contribution in [0.2, 0.25) is 0 Å². The SMILES string of the molecule is CC(C)(C)OC(=O)N1Cc2cc(O)ccc2C[C@H]1[C@H](O)CNC(=O)c1cccc(NC2CCC2)c1. The molecule has 0 bridgehead atoms. The van der Waals surface area contributed by atoms with E-state index in [9.17, 15) is 19.8 Å². The number of ether oxygens (including phenoxy) is 1. The molecule has 2 aliphatic rings. The number of aliphatic hydroxyl groups excluding tert-OH is 1. The Morgan fingerprint density at radius 2 is 1.91 bits per heavy atom. The Bertz CT molecular complexity index is 1080. The van der Waals surface area contributed by atoms with Crippen molar-refractivity contribution in [2.45, 2.75) is 76.8 Å². The molecule has 0 saturated heterocycles. The Labute approximate surface area is 206 Å². The van der Waals surface area contributed by atoms with Crippen molar-refractivity contribution in [1.82, 2.24) is 10.2 Å². The monoisotopic (exact) mass is 481 g/mol. The largest absolute Gasteiger partial charge is 0.508 e. The van der Waals surface area contributed by atoms with E-state index in [1.165, 1.54) is 11.3 Å². The van der Waals surface area contributed by atoms with Gasteiger partial charge in [-0.1, -0.05) is 12.1 Å². The smallest absolute Gasteiger partial charge is 0.410 e. The third kappa shape index (κ3) is 6.25. The highest BCUT2D eigenvalue weighted by atomic mass is 16.6. The minimum absolute atomic E-state index is 0.0174. The molecule has 2 amide bonds. The fourth-order valence-electron chi connectivity index (χ4n) is 4.43. The number of nitrogens with one attached hydrogen (secondary N) is 2. The Morgan fingerprint density at radius 1 is 1.14 bits per heavy atom. The highest BCUT2D eigenvalue weighted by Crippen LogP contribution is 2.29. The molecule has 1 fully saturated rings. The molecule has 188 valence electrons. The number of phenolic OH excluding ortho intramolecular Hbond substituents is 1. The highest BCUT2D eigenvalue weighted by molar-refractivity contribution is 5.95. The summed E-state index contributed by atoms with van der Waals surface area (Å²) < 4.78 is 5.58. The Hall–Kier alpha value is -3.26. The standard InChI is InChI=1S/C27H35N3O5/c1-27(2,3)35-26(34)30-16-19-13-22(31)11-10-17(19)14-23(30)24(32)15-28-25(33)18-6-4-9-21(12-18)29-20-7-5-8-20/h4,6,9-13,20,23-24,29,31-32H,5,7-8,14-16H2,1-3H3,(H,28,33)/t23-,24+/m0/s1. The van der Waals surface area contributed by atoms with Crippen molar-refractivity contribution >= 4 is 17.7 Å². The lowest BCUT2D eigenvalue weighted by atomic mass is 9.91. The first-order chi connectivity index (χ1) is 16.6. The van der Waals surface area contributed by atoms with Crippen molar-refractivity contribution in [2.75, 3.05) is 11.9 Å². The molecule has 35 heavy (non-hydrogen) atoms. The zero-order valence-electron chi connectivity index (χ0n) is 20.6. The molecular formula is C27H35N3O5. The van der Waals surface area contributed by atoms with E-state index in [2.05, 4.69) is 10.6 Å². The van der Waals surface area contributed by atoms with Gasteiger partial charge in [-0.25, -0.2) is 4.79 Å². The lowest BCUT2D eigenvalue weighted by molar-refractivity contribution is -0.0113. The van der Waals surface area contributed by atoms with Gasteiger partial charge in [0.15, 0.2) is 0 Å². The van der Waals surface area contributed by atoms with Crippen LogP contribution in [0.4, 0.5) is 10.5 Å². The summed E-state index contributed by atoms with van der Waals surface area (Å²) in [4.78, 5) is 27.3. The molecule has 0 unspecified atom stereocenters. The maximum Gasteiger partial charge on any atom is 0.410 e. The molecule has 1 aliphatic carbocycles. The predicted octanol–water partition coefficient (Wildman–Crippen LogP) is 3.81. The maximum absolute atomic E-state index is 13.0. The molecule has 4 N–H and O–H groups in total. The third-order valence-corrected chi connectivity index (χ3v) is 6.50. The van der Waals surface area contributed by atoms with E-state index >= 15 is 0 Å². The van der Waals surface area contributed by atoms with Gasteiger partial charge in [0.05, 0.1) is 12.1 Å². The second-order valence-electron chi connectivity index (χ2n) is 10.5. The molecular weight excluding hydrogens is 446 g/mol. The van der Waals surface area contributed by atoms with Crippen molar-refractivity contribution in [2.24, 2.45) is 0 Å². The highest BCUT2D eigenvalue weighted by Gasteiger charge is 2.37. The van der Waals surface area contributed by atoms with E-state index in [1.54, 1.807) is 45.0 Å². The number of rotatable bonds is 6. The molecule has 2 atom stereocenters. The topological polar surface area (TPSA) is 111 Å². The first kappa shape index (κ1) is 24.9. The number of fused-ring (bicyclic) bond motifs is 1. The van der Waals surface area contributed by atoms with E-state index in [-0.39, 0.29) is 24.7 Å². The maximum atomic E-state index is 13.0. The average Bonchev–Trinajstić information content (AvgIpc) is 2.77. The summed E-state index contributed by atoms with van der Waals surface area (Å²) in [5.41, 5.74) is 2.46. The summed E-state index contributed by atoms with van der Waals surface area (Å²) in [6, 6.07) is 12.2. The van der Waals surface area contributed by atoms with Crippen LogP contribution in [0.25, 0.3) is 0 Å². The van der Waals surface area contributed by atoms with Gasteiger partial charge in [0, 0.05) is 30.4 Å². The summed E-state index contributed by atoms with van der Waals surface area (Å²) >= 11 is 0. The van der Waals surface area contributed by atoms with Gasteiger partial charge in [-0.15, -0.1) is 0 Å². The first-order valence-electron chi connectivity index (χ1n) is 12.2. The summed E-state index contributed by atoms with van der Waals surface area (Å²) in [6.07, 6.45) is 2.33. The van der Waals surface area contributed by atoms with Gasteiger partial charge in [-0.05, 0) is 87.9 Å². The van der Waals surface area contributed by atoms with Crippen LogP contribution in [0.1, 0.15) is 61.5 Å². The molecule has 1 heterocycles. The van der Waals surface area contributed by atoms with E-state index in [0.717, 1.165) is 29.7 Å². The lowest BCUT2D eigenvalue weighted by Crippen LogP contribution is -2.54. The number of nitrogens with zero attached hydrogens (tertiary/aromatic N) is 1. The third-order valence-electron chi connectivity index (χ3n) is 6.50. The number of benzene rings is 2. The van der Waals surface area contributed by atoms with Gasteiger partial charge in [-0.3, -0.25) is 9.69 Å². The Kier molecular flexibility index (Phi) is 7.21. The number of amides is 2. The molecule has 0 spiro atoms. The lowest BCUT2D eigenvalue weighted by Gasteiger charge is -2.40. The molecule has 1 aliphatic heterocycles. The molecule has 8 heteroatoms. The number of hydrogen-bond donors (Lipinski definition) is 4. The zero-order chi connectivity index (χ0) is 25.2. The number of carbonyl (C=O) groups excluding carboxylic acids is 2. The number of aromatic hydroxyl groups is 1. The minimum Gasteiger partial charge on any atom is -0.508 e. The second-order valence-corrected chi connectivity index (χ2v) is 10.5. The molecule has 0 radical (unpaired) electrons. The van der Waals surface area contributed by atoms with Gasteiger partial charge in [0.1, 0.15) is 11.4 Å². The molecule has 2 aromatic rings. The second kappa shape index (κ2) is 10.2. The van der Waals surface area contributed by atoms with E-state index < -0.39 is 23.8 Å². The van der Waals surface area contributed by atoms with Crippen LogP contribution < -0.4 is 10.6 Å². The van der Waals surface area contributed by atoms with E-state index in [1.807, 2.05) is 18.2 Å².